The van der Waals surface area contributed by atoms with Crippen molar-refractivity contribution in [3.05, 3.63) is 24.3 Å². The van der Waals surface area contributed by atoms with Crippen molar-refractivity contribution in [2.75, 3.05) is 17.0 Å². The molecule has 2 heterocycles. The summed E-state index contributed by atoms with van der Waals surface area (Å²) in [5.41, 5.74) is 8.57. The summed E-state index contributed by atoms with van der Waals surface area (Å²) >= 11 is 0. The van der Waals surface area contributed by atoms with E-state index in [2.05, 4.69) is 33.4 Å². The Hall–Kier alpha value is -1.26. The topological polar surface area (TPSA) is 49.2 Å². The predicted molar refractivity (Wildman–Crippen MR) is 47.5 cm³/mol. The van der Waals surface area contributed by atoms with Crippen LogP contribution in [0.25, 0.3) is 0 Å². The van der Waals surface area contributed by atoms with Gasteiger partial charge in [0.05, 0.1) is 11.4 Å². The van der Waals surface area contributed by atoms with Gasteiger partial charge in [-0.15, -0.1) is 5.53 Å². The Morgan fingerprint density at radius 1 is 1.33 bits per heavy atom. The average Bonchev–Trinajstić information content (AvgIpc) is 2.86. The number of fused-ring (bicyclic) bond motifs is 1. The standard InChI is InChI=1S/C8H10N4/c1-2-4-7-6(3-1)10-11-12(7)8-5-9-8/h1-4,8-11H,5H2. The normalized spacial score (nSPS) is 25.0. The Bertz CT molecular complexity index is 308. The molecule has 4 nitrogen and oxygen atoms in total. The highest BCUT2D eigenvalue weighted by Crippen LogP contribution is 2.30. The van der Waals surface area contributed by atoms with Gasteiger partial charge in [0, 0.05) is 6.54 Å². The number of nitrogens with zero attached hydrogens (tertiary/aromatic N) is 1. The third kappa shape index (κ3) is 0.790. The molecule has 12 heavy (non-hydrogen) atoms. The fraction of sp³-hybridized carbons (Fsp3) is 0.250. The molecule has 0 spiro atoms. The number of hydrogen-bond donors (Lipinski definition) is 3. The van der Waals surface area contributed by atoms with Gasteiger partial charge >= 0.3 is 0 Å². The Morgan fingerprint density at radius 3 is 3.00 bits per heavy atom. The summed E-state index contributed by atoms with van der Waals surface area (Å²) in [4.78, 5) is 0. The maximum Gasteiger partial charge on any atom is 0.109 e. The van der Waals surface area contributed by atoms with Gasteiger partial charge in [-0.25, -0.2) is 0 Å². The zero-order chi connectivity index (χ0) is 7.97. The van der Waals surface area contributed by atoms with E-state index in [4.69, 9.17) is 0 Å². The summed E-state index contributed by atoms with van der Waals surface area (Å²) in [7, 11) is 0. The van der Waals surface area contributed by atoms with Gasteiger partial charge in [0.1, 0.15) is 6.17 Å². The number of rotatable bonds is 1. The Balaban J connectivity index is 2.01. The molecule has 0 radical (unpaired) electrons. The van der Waals surface area contributed by atoms with Crippen molar-refractivity contribution in [2.45, 2.75) is 6.17 Å². The summed E-state index contributed by atoms with van der Waals surface area (Å²) in [5.74, 6) is 0. The van der Waals surface area contributed by atoms with Crippen molar-refractivity contribution < 1.29 is 0 Å². The van der Waals surface area contributed by atoms with E-state index in [0.29, 0.717) is 6.17 Å². The van der Waals surface area contributed by atoms with Crippen LogP contribution >= 0.6 is 0 Å². The SMILES string of the molecule is c1ccc2c(c1)NNN2C1CN1. The van der Waals surface area contributed by atoms with E-state index in [-0.39, 0.29) is 0 Å². The van der Waals surface area contributed by atoms with E-state index in [1.165, 1.54) is 5.69 Å². The summed E-state index contributed by atoms with van der Waals surface area (Å²) in [5, 5.41) is 5.35. The lowest BCUT2D eigenvalue weighted by Gasteiger charge is -2.14. The van der Waals surface area contributed by atoms with Crippen LogP contribution in [0.5, 0.6) is 0 Å². The third-order valence-electron chi connectivity index (χ3n) is 2.17. The zero-order valence-corrected chi connectivity index (χ0v) is 6.54. The van der Waals surface area contributed by atoms with Gasteiger partial charge in [-0.2, -0.15) is 0 Å². The maximum absolute atomic E-state index is 3.24. The number of benzene rings is 1. The van der Waals surface area contributed by atoms with Gasteiger partial charge in [0.2, 0.25) is 0 Å². The number of hydrazine groups is 2. The smallest absolute Gasteiger partial charge is 0.109 e. The molecule has 1 aromatic carbocycles. The first kappa shape index (κ1) is 6.28. The van der Waals surface area contributed by atoms with Crippen LogP contribution in [0.4, 0.5) is 11.4 Å². The number of para-hydroxylation sites is 2. The second kappa shape index (κ2) is 2.12. The minimum absolute atomic E-state index is 0.459. The Morgan fingerprint density at radius 2 is 2.17 bits per heavy atom. The van der Waals surface area contributed by atoms with Gasteiger partial charge in [-0.3, -0.25) is 10.3 Å². The van der Waals surface area contributed by atoms with Crippen molar-refractivity contribution in [1.29, 1.82) is 0 Å². The monoisotopic (exact) mass is 162 g/mol. The van der Waals surface area contributed by atoms with Crippen LogP contribution in [0, 0.1) is 0 Å². The lowest BCUT2D eigenvalue weighted by atomic mass is 10.3. The van der Waals surface area contributed by atoms with Crippen LogP contribution in [-0.2, 0) is 0 Å². The van der Waals surface area contributed by atoms with Gasteiger partial charge in [-0.1, -0.05) is 12.1 Å². The summed E-state index contributed by atoms with van der Waals surface area (Å²) in [6, 6.07) is 8.23. The molecule has 1 unspecified atom stereocenters. The van der Waals surface area contributed by atoms with Gasteiger partial charge < -0.3 is 5.43 Å². The molecule has 62 valence electrons. The van der Waals surface area contributed by atoms with Gasteiger partial charge in [-0.05, 0) is 12.1 Å². The van der Waals surface area contributed by atoms with Crippen LogP contribution < -0.4 is 21.3 Å². The Labute approximate surface area is 70.5 Å². The van der Waals surface area contributed by atoms with Crippen molar-refractivity contribution >= 4 is 11.4 Å². The minimum Gasteiger partial charge on any atom is -0.302 e. The minimum atomic E-state index is 0.459. The number of hydrogen-bond acceptors (Lipinski definition) is 4. The molecule has 1 aromatic rings. The quantitative estimate of drug-likeness (QED) is 0.519. The molecule has 2 aliphatic rings. The van der Waals surface area contributed by atoms with Crippen molar-refractivity contribution in [3.8, 4) is 0 Å². The molecule has 1 saturated heterocycles. The molecule has 3 rings (SSSR count). The Kier molecular flexibility index (Phi) is 1.11. The molecule has 3 N–H and O–H groups in total. The van der Waals surface area contributed by atoms with Crippen LogP contribution in [0.15, 0.2) is 24.3 Å². The zero-order valence-electron chi connectivity index (χ0n) is 6.54. The van der Waals surface area contributed by atoms with Crippen molar-refractivity contribution in [3.63, 3.8) is 0 Å². The second-order valence-electron chi connectivity index (χ2n) is 3.05. The highest BCUT2D eigenvalue weighted by atomic mass is 15.8. The largest absolute Gasteiger partial charge is 0.302 e. The van der Waals surface area contributed by atoms with Crippen molar-refractivity contribution in [2.24, 2.45) is 0 Å². The fourth-order valence-electron chi connectivity index (χ4n) is 1.45. The lowest BCUT2D eigenvalue weighted by molar-refractivity contribution is 0.713. The van der Waals surface area contributed by atoms with E-state index >= 15 is 0 Å². The molecule has 0 aliphatic carbocycles. The first-order chi connectivity index (χ1) is 5.95. The second-order valence-corrected chi connectivity index (χ2v) is 3.05. The molecule has 0 aromatic heterocycles. The molecule has 0 saturated carbocycles. The molecular formula is C8H10N4. The molecular weight excluding hydrogens is 152 g/mol. The van der Waals surface area contributed by atoms with Crippen LogP contribution in [0.2, 0.25) is 0 Å². The van der Waals surface area contributed by atoms with Crippen LogP contribution in [0.3, 0.4) is 0 Å². The van der Waals surface area contributed by atoms with Crippen LogP contribution in [-0.4, -0.2) is 12.7 Å². The first-order valence-corrected chi connectivity index (χ1v) is 4.08. The predicted octanol–water partition coefficient (Wildman–Crippen LogP) is 0.267. The lowest BCUT2D eigenvalue weighted by Crippen LogP contribution is -2.39. The van der Waals surface area contributed by atoms with E-state index in [9.17, 15) is 0 Å². The summed E-state index contributed by atoms with van der Waals surface area (Å²) in [6.45, 7) is 1.06. The molecule has 4 heteroatoms. The van der Waals surface area contributed by atoms with E-state index in [1.807, 2.05) is 12.1 Å². The number of anilines is 2. The average molecular weight is 162 g/mol. The van der Waals surface area contributed by atoms with Crippen molar-refractivity contribution in [1.82, 2.24) is 10.9 Å². The molecule has 2 aliphatic heterocycles. The van der Waals surface area contributed by atoms with Gasteiger partial charge in [0.25, 0.3) is 0 Å². The van der Waals surface area contributed by atoms with Crippen LogP contribution in [0.1, 0.15) is 0 Å². The molecule has 1 fully saturated rings. The summed E-state index contributed by atoms with van der Waals surface area (Å²) in [6.07, 6.45) is 0.459. The first-order valence-electron chi connectivity index (χ1n) is 4.08. The molecule has 0 bridgehead atoms. The molecule has 1 atom stereocenters. The highest BCUT2D eigenvalue weighted by molar-refractivity contribution is 5.73. The molecule has 0 amide bonds. The van der Waals surface area contributed by atoms with E-state index in [1.54, 1.807) is 0 Å². The number of nitrogens with one attached hydrogen (secondary N) is 3. The third-order valence-corrected chi connectivity index (χ3v) is 2.17. The van der Waals surface area contributed by atoms with E-state index in [0.717, 1.165) is 12.2 Å². The summed E-state index contributed by atoms with van der Waals surface area (Å²) < 4.78 is 0. The van der Waals surface area contributed by atoms with Gasteiger partial charge in [0.15, 0.2) is 0 Å². The maximum atomic E-state index is 3.24. The highest BCUT2D eigenvalue weighted by Gasteiger charge is 2.32. The fourth-order valence-corrected chi connectivity index (χ4v) is 1.45. The van der Waals surface area contributed by atoms with E-state index < -0.39 is 0 Å².